The van der Waals surface area contributed by atoms with Crippen LogP contribution in [0, 0.1) is 5.82 Å². The first kappa shape index (κ1) is 21.3. The second-order valence-electron chi connectivity index (χ2n) is 7.68. The number of amides is 1. The zero-order valence-corrected chi connectivity index (χ0v) is 18.5. The van der Waals surface area contributed by atoms with E-state index in [1.807, 2.05) is 43.6 Å². The number of nitrogens with one attached hydrogen (secondary N) is 1. The smallest absolute Gasteiger partial charge is 0.255 e. The number of nitrogens with zero attached hydrogens (tertiary/aromatic N) is 4. The summed E-state index contributed by atoms with van der Waals surface area (Å²) in [6, 6.07) is 18.7. The first-order valence-electron chi connectivity index (χ1n) is 10.5. The second kappa shape index (κ2) is 8.74. The Kier molecular flexibility index (Phi) is 5.47. The summed E-state index contributed by atoms with van der Waals surface area (Å²) in [5.41, 5.74) is 4.69. The molecule has 0 unspecified atom stereocenters. The van der Waals surface area contributed by atoms with Gasteiger partial charge < -0.3 is 10.1 Å². The number of fused-ring (bicyclic) bond motifs is 1. The van der Waals surface area contributed by atoms with E-state index in [4.69, 9.17) is 4.74 Å². The van der Waals surface area contributed by atoms with Crippen LogP contribution < -0.4 is 10.1 Å². The van der Waals surface area contributed by atoms with Crippen molar-refractivity contribution in [3.8, 4) is 28.3 Å². The molecule has 3 aromatic carbocycles. The lowest BCUT2D eigenvalue weighted by Gasteiger charge is -2.13. The molecule has 0 fully saturated rings. The van der Waals surface area contributed by atoms with Crippen molar-refractivity contribution in [3.63, 3.8) is 0 Å². The standard InChI is InChI=1S/C26H20FN5O2/c1-32-14-20(24(31-32)16-6-4-3-5-7-16)25-19-12-22(23(34-2)13-21(19)28-15-29-25)30-26(33)17-8-10-18(27)11-9-17/h3-15H,1-2H3,(H,30,33). The van der Waals surface area contributed by atoms with E-state index in [0.717, 1.165) is 22.2 Å². The molecule has 0 aliphatic carbocycles. The number of benzene rings is 3. The van der Waals surface area contributed by atoms with E-state index in [-0.39, 0.29) is 5.91 Å². The summed E-state index contributed by atoms with van der Waals surface area (Å²) in [4.78, 5) is 21.8. The van der Waals surface area contributed by atoms with Crippen molar-refractivity contribution in [2.45, 2.75) is 0 Å². The number of carbonyl (C=O) groups is 1. The average Bonchev–Trinajstić information content (AvgIpc) is 3.25. The molecule has 1 amide bonds. The van der Waals surface area contributed by atoms with Crippen LogP contribution in [0.4, 0.5) is 10.1 Å². The minimum absolute atomic E-state index is 0.326. The minimum Gasteiger partial charge on any atom is -0.494 e. The van der Waals surface area contributed by atoms with E-state index < -0.39 is 5.82 Å². The molecular weight excluding hydrogens is 433 g/mol. The lowest BCUT2D eigenvalue weighted by Crippen LogP contribution is -2.12. The minimum atomic E-state index is -0.410. The third-order valence-electron chi connectivity index (χ3n) is 5.44. The summed E-state index contributed by atoms with van der Waals surface area (Å²) in [5, 5.41) is 8.23. The molecule has 5 aromatic rings. The monoisotopic (exact) mass is 453 g/mol. The Morgan fingerprint density at radius 3 is 2.50 bits per heavy atom. The zero-order chi connectivity index (χ0) is 23.7. The lowest BCUT2D eigenvalue weighted by atomic mass is 10.0. The molecule has 168 valence electrons. The molecule has 5 rings (SSSR count). The summed E-state index contributed by atoms with van der Waals surface area (Å²) in [5.74, 6) is -0.350. The maximum absolute atomic E-state index is 13.3. The van der Waals surface area contributed by atoms with Crippen LogP contribution in [0.25, 0.3) is 33.4 Å². The van der Waals surface area contributed by atoms with Crippen LogP contribution in [0.2, 0.25) is 0 Å². The Morgan fingerprint density at radius 1 is 1.00 bits per heavy atom. The number of halogens is 1. The molecule has 0 bridgehead atoms. The highest BCUT2D eigenvalue weighted by atomic mass is 19.1. The van der Waals surface area contributed by atoms with Crippen molar-refractivity contribution in [1.29, 1.82) is 0 Å². The number of ether oxygens (including phenoxy) is 1. The number of aromatic nitrogens is 4. The second-order valence-corrected chi connectivity index (χ2v) is 7.68. The van der Waals surface area contributed by atoms with Gasteiger partial charge in [-0.05, 0) is 30.3 Å². The third kappa shape index (κ3) is 3.97. The normalized spacial score (nSPS) is 10.9. The largest absolute Gasteiger partial charge is 0.494 e. The summed E-state index contributed by atoms with van der Waals surface area (Å²) in [7, 11) is 3.38. The quantitative estimate of drug-likeness (QED) is 0.401. The van der Waals surface area contributed by atoms with E-state index in [1.165, 1.54) is 37.7 Å². The lowest BCUT2D eigenvalue weighted by molar-refractivity contribution is 0.102. The Bertz CT molecular complexity index is 1500. The number of carbonyl (C=O) groups excluding carboxylic acids is 1. The molecule has 1 N–H and O–H groups in total. The predicted molar refractivity (Wildman–Crippen MR) is 128 cm³/mol. The third-order valence-corrected chi connectivity index (χ3v) is 5.44. The zero-order valence-electron chi connectivity index (χ0n) is 18.5. The number of anilines is 1. The summed E-state index contributed by atoms with van der Waals surface area (Å²) < 4.78 is 20.5. The van der Waals surface area contributed by atoms with Crippen molar-refractivity contribution < 1.29 is 13.9 Å². The van der Waals surface area contributed by atoms with Crippen LogP contribution in [0.1, 0.15) is 10.4 Å². The molecule has 2 aromatic heterocycles. The van der Waals surface area contributed by atoms with Gasteiger partial charge in [0.25, 0.3) is 5.91 Å². The average molecular weight is 453 g/mol. The Hall–Kier alpha value is -4.59. The maximum atomic E-state index is 13.3. The van der Waals surface area contributed by atoms with Crippen LogP contribution >= 0.6 is 0 Å². The van der Waals surface area contributed by atoms with Gasteiger partial charge in [0.1, 0.15) is 23.6 Å². The van der Waals surface area contributed by atoms with E-state index >= 15 is 0 Å². The summed E-state index contributed by atoms with van der Waals surface area (Å²) >= 11 is 0. The topological polar surface area (TPSA) is 81.9 Å². The highest BCUT2D eigenvalue weighted by molar-refractivity contribution is 6.07. The molecule has 0 radical (unpaired) electrons. The van der Waals surface area contributed by atoms with Crippen molar-refractivity contribution in [2.24, 2.45) is 7.05 Å². The number of rotatable bonds is 5. The van der Waals surface area contributed by atoms with E-state index in [0.29, 0.717) is 28.2 Å². The van der Waals surface area contributed by atoms with Gasteiger partial charge in [-0.25, -0.2) is 14.4 Å². The van der Waals surface area contributed by atoms with Gasteiger partial charge in [0, 0.05) is 41.4 Å². The van der Waals surface area contributed by atoms with Gasteiger partial charge >= 0.3 is 0 Å². The van der Waals surface area contributed by atoms with Gasteiger partial charge in [0.2, 0.25) is 0 Å². The Morgan fingerprint density at radius 2 is 1.76 bits per heavy atom. The van der Waals surface area contributed by atoms with Crippen LogP contribution in [-0.4, -0.2) is 32.8 Å². The molecule has 0 saturated carbocycles. The van der Waals surface area contributed by atoms with Gasteiger partial charge in [0.05, 0.1) is 24.0 Å². The van der Waals surface area contributed by atoms with Crippen LogP contribution in [0.5, 0.6) is 5.75 Å². The van der Waals surface area contributed by atoms with Crippen molar-refractivity contribution in [1.82, 2.24) is 19.7 Å². The van der Waals surface area contributed by atoms with Gasteiger partial charge in [0.15, 0.2) is 0 Å². The molecular formula is C26H20FN5O2. The van der Waals surface area contributed by atoms with E-state index in [1.54, 1.807) is 16.8 Å². The maximum Gasteiger partial charge on any atom is 0.255 e. The van der Waals surface area contributed by atoms with E-state index in [2.05, 4.69) is 20.4 Å². The Balaban J connectivity index is 1.63. The highest BCUT2D eigenvalue weighted by Crippen LogP contribution is 2.37. The molecule has 2 heterocycles. The summed E-state index contributed by atoms with van der Waals surface area (Å²) in [6.45, 7) is 0. The van der Waals surface area contributed by atoms with Crippen molar-refractivity contribution in [2.75, 3.05) is 12.4 Å². The molecule has 0 saturated heterocycles. The number of aryl methyl sites for hydroxylation is 1. The fourth-order valence-electron chi connectivity index (χ4n) is 3.83. The molecule has 0 aliphatic rings. The fourth-order valence-corrected chi connectivity index (χ4v) is 3.83. The van der Waals surface area contributed by atoms with E-state index in [9.17, 15) is 9.18 Å². The SMILES string of the molecule is COc1cc2ncnc(-c3cn(C)nc3-c3ccccc3)c2cc1NC(=O)c1ccc(F)cc1. The summed E-state index contributed by atoms with van der Waals surface area (Å²) in [6.07, 6.45) is 3.40. The Labute approximate surface area is 194 Å². The van der Waals surface area contributed by atoms with Gasteiger partial charge in [-0.3, -0.25) is 9.48 Å². The fraction of sp³-hybridized carbons (Fsp3) is 0.0769. The molecule has 34 heavy (non-hydrogen) atoms. The molecule has 0 aliphatic heterocycles. The van der Waals surface area contributed by atoms with Gasteiger partial charge in [-0.1, -0.05) is 30.3 Å². The number of methoxy groups -OCH3 is 1. The van der Waals surface area contributed by atoms with Gasteiger partial charge in [-0.2, -0.15) is 5.10 Å². The predicted octanol–water partition coefficient (Wildman–Crippen LogP) is 5.10. The van der Waals surface area contributed by atoms with Crippen LogP contribution in [0.15, 0.2) is 79.3 Å². The molecule has 0 spiro atoms. The molecule has 0 atom stereocenters. The molecule has 8 heteroatoms. The number of hydrogen-bond acceptors (Lipinski definition) is 5. The highest BCUT2D eigenvalue weighted by Gasteiger charge is 2.19. The molecule has 7 nitrogen and oxygen atoms in total. The first-order valence-corrected chi connectivity index (χ1v) is 10.5. The van der Waals surface area contributed by atoms with Crippen LogP contribution in [-0.2, 0) is 7.05 Å². The van der Waals surface area contributed by atoms with Crippen LogP contribution in [0.3, 0.4) is 0 Å². The van der Waals surface area contributed by atoms with Crippen molar-refractivity contribution in [3.05, 3.63) is 90.6 Å². The van der Waals surface area contributed by atoms with Gasteiger partial charge in [-0.15, -0.1) is 0 Å². The number of hydrogen-bond donors (Lipinski definition) is 1. The van der Waals surface area contributed by atoms with Crippen molar-refractivity contribution >= 4 is 22.5 Å². The first-order chi connectivity index (χ1) is 16.5.